The first-order chi connectivity index (χ1) is 10.5. The molecule has 0 aliphatic carbocycles. The van der Waals surface area contributed by atoms with Crippen molar-refractivity contribution in [2.24, 2.45) is 0 Å². The lowest BCUT2D eigenvalue weighted by molar-refractivity contribution is -0.113. The van der Waals surface area contributed by atoms with Crippen molar-refractivity contribution in [3.63, 3.8) is 0 Å². The first kappa shape index (κ1) is 14.9. The Morgan fingerprint density at radius 2 is 1.95 bits per heavy atom. The van der Waals surface area contributed by atoms with Crippen LogP contribution in [0, 0.1) is 20.8 Å². The Kier molecular flexibility index (Phi) is 3.85. The third-order valence-electron chi connectivity index (χ3n) is 3.74. The molecule has 0 unspecified atom stereocenters. The minimum Gasteiger partial charge on any atom is -0.327 e. The van der Waals surface area contributed by atoms with E-state index >= 15 is 0 Å². The molecule has 0 atom stereocenters. The molecule has 5 heteroatoms. The third-order valence-corrected chi connectivity index (χ3v) is 4.98. The van der Waals surface area contributed by atoms with Gasteiger partial charge in [0.1, 0.15) is 5.70 Å². The molecule has 0 radical (unpaired) electrons. The Bertz CT molecular complexity index is 805. The molecule has 1 aromatic carbocycles. The van der Waals surface area contributed by atoms with Crippen LogP contribution in [0.15, 0.2) is 36.0 Å². The zero-order chi connectivity index (χ0) is 15.9. The normalized spacial score (nSPS) is 16.5. The number of hydrogen-bond acceptors (Lipinski definition) is 3. The largest absolute Gasteiger partial charge is 0.327 e. The van der Waals surface area contributed by atoms with Crippen molar-refractivity contribution in [2.75, 3.05) is 4.90 Å². The van der Waals surface area contributed by atoms with E-state index in [1.54, 1.807) is 16.2 Å². The molecule has 1 fully saturated rings. The molecule has 112 valence electrons. The summed E-state index contributed by atoms with van der Waals surface area (Å²) in [4.78, 5) is 16.5. The molecule has 1 N–H and O–H groups in total. The van der Waals surface area contributed by atoms with Crippen molar-refractivity contribution >= 4 is 46.3 Å². The molecule has 1 aliphatic rings. The van der Waals surface area contributed by atoms with Crippen molar-refractivity contribution in [3.8, 4) is 0 Å². The molecule has 3 nitrogen and oxygen atoms in total. The summed E-state index contributed by atoms with van der Waals surface area (Å²) in [6.45, 7) is 6.08. The fourth-order valence-electron chi connectivity index (χ4n) is 2.40. The van der Waals surface area contributed by atoms with Gasteiger partial charge in [0.15, 0.2) is 5.11 Å². The molecule has 0 spiro atoms. The van der Waals surface area contributed by atoms with Crippen LogP contribution in [0.1, 0.15) is 20.9 Å². The number of thiocarbonyl (C=S) groups is 1. The van der Waals surface area contributed by atoms with Gasteiger partial charge in [0.2, 0.25) is 0 Å². The quantitative estimate of drug-likeness (QED) is 0.669. The van der Waals surface area contributed by atoms with Crippen LogP contribution < -0.4 is 10.2 Å². The number of nitrogens with zero attached hydrogens (tertiary/aromatic N) is 1. The number of amides is 1. The summed E-state index contributed by atoms with van der Waals surface area (Å²) in [5, 5.41) is 3.46. The maximum Gasteiger partial charge on any atom is 0.281 e. The number of rotatable bonds is 2. The number of carbonyl (C=O) groups excluding carboxylic acids is 1. The van der Waals surface area contributed by atoms with Gasteiger partial charge in [-0.3, -0.25) is 9.69 Å². The minimum atomic E-state index is -0.107. The summed E-state index contributed by atoms with van der Waals surface area (Å²) >= 11 is 7.01. The average Bonchev–Trinajstić information content (AvgIpc) is 2.99. The lowest BCUT2D eigenvalue weighted by atomic mass is 10.1. The van der Waals surface area contributed by atoms with Gasteiger partial charge >= 0.3 is 0 Å². The Balaban J connectivity index is 1.98. The third kappa shape index (κ3) is 2.58. The highest BCUT2D eigenvalue weighted by Crippen LogP contribution is 2.28. The molecule has 2 aromatic rings. The first-order valence-electron chi connectivity index (χ1n) is 6.97. The monoisotopic (exact) mass is 328 g/mol. The van der Waals surface area contributed by atoms with Crippen LogP contribution in [0.3, 0.4) is 0 Å². The molecule has 22 heavy (non-hydrogen) atoms. The minimum absolute atomic E-state index is 0.107. The van der Waals surface area contributed by atoms with Gasteiger partial charge in [-0.1, -0.05) is 12.1 Å². The van der Waals surface area contributed by atoms with E-state index in [2.05, 4.69) is 5.32 Å². The van der Waals surface area contributed by atoms with Crippen molar-refractivity contribution in [3.05, 3.63) is 56.9 Å². The molecule has 3 rings (SSSR count). The molecule has 1 aromatic heterocycles. The zero-order valence-corrected chi connectivity index (χ0v) is 14.3. The molecular weight excluding hydrogens is 312 g/mol. The number of nitrogens with one attached hydrogen (secondary N) is 1. The number of anilines is 1. The van der Waals surface area contributed by atoms with E-state index in [-0.39, 0.29) is 5.91 Å². The lowest BCUT2D eigenvalue weighted by Crippen LogP contribution is -2.31. The average molecular weight is 328 g/mol. The number of thiophene rings is 1. The Hall–Kier alpha value is -1.98. The zero-order valence-electron chi connectivity index (χ0n) is 12.6. The predicted octanol–water partition coefficient (Wildman–Crippen LogP) is 3.94. The van der Waals surface area contributed by atoms with Gasteiger partial charge in [0, 0.05) is 9.75 Å². The van der Waals surface area contributed by atoms with Crippen molar-refractivity contribution in [1.29, 1.82) is 0 Å². The summed E-state index contributed by atoms with van der Waals surface area (Å²) < 4.78 is 0. The van der Waals surface area contributed by atoms with Gasteiger partial charge in [0.05, 0.1) is 5.69 Å². The number of aryl methyl sites for hydroxylation is 2. The highest BCUT2D eigenvalue weighted by molar-refractivity contribution is 7.80. The second kappa shape index (κ2) is 5.66. The molecule has 0 bridgehead atoms. The molecule has 1 aliphatic heterocycles. The van der Waals surface area contributed by atoms with Crippen molar-refractivity contribution < 1.29 is 4.79 Å². The summed E-state index contributed by atoms with van der Waals surface area (Å²) in [6.07, 6.45) is 1.86. The van der Waals surface area contributed by atoms with Crippen LogP contribution in [0.2, 0.25) is 0 Å². The number of hydrogen-bond donors (Lipinski definition) is 1. The predicted molar refractivity (Wildman–Crippen MR) is 96.2 cm³/mol. The summed E-state index contributed by atoms with van der Waals surface area (Å²) in [5.41, 5.74) is 3.56. The topological polar surface area (TPSA) is 32.3 Å². The SMILES string of the molecule is Cc1ccc(C=C2NC(=S)N(c3cccc(C)c3C)C2=O)s1. The van der Waals surface area contributed by atoms with Crippen LogP contribution in [-0.2, 0) is 4.79 Å². The number of carbonyl (C=O) groups is 1. The van der Waals surface area contributed by atoms with Crippen molar-refractivity contribution in [1.82, 2.24) is 5.32 Å². The summed E-state index contributed by atoms with van der Waals surface area (Å²) in [5.74, 6) is -0.107. The van der Waals surface area contributed by atoms with E-state index < -0.39 is 0 Å². The maximum atomic E-state index is 12.7. The molecular formula is C17H16N2OS2. The van der Waals surface area contributed by atoms with E-state index in [0.717, 1.165) is 21.7 Å². The van der Waals surface area contributed by atoms with Gasteiger partial charge < -0.3 is 5.32 Å². The van der Waals surface area contributed by atoms with Crippen LogP contribution in [0.4, 0.5) is 5.69 Å². The fourth-order valence-corrected chi connectivity index (χ4v) is 3.52. The smallest absolute Gasteiger partial charge is 0.281 e. The van der Waals surface area contributed by atoms with E-state index in [4.69, 9.17) is 12.2 Å². The standard InChI is InChI=1S/C17H16N2OS2/c1-10-5-4-6-15(12(10)3)19-16(20)14(18-17(19)21)9-13-8-7-11(2)22-13/h4-9H,1-3H3,(H,18,21). The molecule has 2 heterocycles. The van der Waals surface area contributed by atoms with E-state index in [0.29, 0.717) is 10.8 Å². The van der Waals surface area contributed by atoms with Gasteiger partial charge in [-0.25, -0.2) is 0 Å². The molecule has 1 amide bonds. The molecule has 0 saturated carbocycles. The second-order valence-electron chi connectivity index (χ2n) is 5.30. The highest BCUT2D eigenvalue weighted by atomic mass is 32.1. The Morgan fingerprint density at radius 1 is 1.18 bits per heavy atom. The maximum absolute atomic E-state index is 12.7. The molecule has 1 saturated heterocycles. The Morgan fingerprint density at radius 3 is 2.64 bits per heavy atom. The van der Waals surface area contributed by atoms with Gasteiger partial charge in [-0.05, 0) is 68.4 Å². The lowest BCUT2D eigenvalue weighted by Gasteiger charge is -2.17. The van der Waals surface area contributed by atoms with Gasteiger partial charge in [-0.2, -0.15) is 0 Å². The van der Waals surface area contributed by atoms with Crippen LogP contribution in [0.5, 0.6) is 0 Å². The number of benzene rings is 1. The second-order valence-corrected chi connectivity index (χ2v) is 7.00. The van der Waals surface area contributed by atoms with Crippen LogP contribution in [0.25, 0.3) is 6.08 Å². The van der Waals surface area contributed by atoms with Crippen LogP contribution >= 0.6 is 23.6 Å². The van der Waals surface area contributed by atoms with Crippen molar-refractivity contribution in [2.45, 2.75) is 20.8 Å². The summed E-state index contributed by atoms with van der Waals surface area (Å²) in [6, 6.07) is 9.94. The van der Waals surface area contributed by atoms with Gasteiger partial charge in [-0.15, -0.1) is 11.3 Å². The summed E-state index contributed by atoms with van der Waals surface area (Å²) in [7, 11) is 0. The van der Waals surface area contributed by atoms with Gasteiger partial charge in [0.25, 0.3) is 5.91 Å². The van der Waals surface area contributed by atoms with E-state index in [1.807, 2.05) is 57.2 Å². The Labute approximate surface area is 139 Å². The first-order valence-corrected chi connectivity index (χ1v) is 8.19. The van der Waals surface area contributed by atoms with E-state index in [1.165, 1.54) is 4.88 Å². The van der Waals surface area contributed by atoms with Crippen LogP contribution in [-0.4, -0.2) is 11.0 Å². The fraction of sp³-hybridized carbons (Fsp3) is 0.176. The highest BCUT2D eigenvalue weighted by Gasteiger charge is 2.32. The van der Waals surface area contributed by atoms with E-state index in [9.17, 15) is 4.79 Å².